The van der Waals surface area contributed by atoms with E-state index in [1.165, 1.54) is 42.7 Å². The Hall–Kier alpha value is -4.93. The smallest absolute Gasteiger partial charge is 0.255 e. The summed E-state index contributed by atoms with van der Waals surface area (Å²) in [5, 5.41) is 4.21. The number of carbonyl (C=O) groups is 1. The number of aromatic amines is 1. The molecule has 224 valence electrons. The minimum atomic E-state index is -3.70. The van der Waals surface area contributed by atoms with E-state index in [2.05, 4.69) is 16.4 Å². The van der Waals surface area contributed by atoms with E-state index in [0.717, 1.165) is 34.0 Å². The molecule has 10 heteroatoms. The Morgan fingerprint density at radius 2 is 1.70 bits per heavy atom. The molecule has 44 heavy (non-hydrogen) atoms. The number of aromatic nitrogens is 1. The van der Waals surface area contributed by atoms with Gasteiger partial charge in [0.05, 0.1) is 24.1 Å². The first-order valence-electron chi connectivity index (χ1n) is 13.8. The van der Waals surface area contributed by atoms with Gasteiger partial charge in [-0.3, -0.25) is 9.10 Å². The number of nitrogens with zero attached hydrogens (tertiary/aromatic N) is 1. The highest BCUT2D eigenvalue weighted by molar-refractivity contribution is 7.92. The molecule has 1 amide bonds. The Kier molecular flexibility index (Phi) is 7.48. The lowest BCUT2D eigenvalue weighted by atomic mass is 9.95. The highest BCUT2D eigenvalue weighted by atomic mass is 32.2. The van der Waals surface area contributed by atoms with E-state index < -0.39 is 21.7 Å². The molecular formula is C34H30FN3O5S. The maximum atomic E-state index is 13.7. The number of nitrogens with one attached hydrogen (secondary N) is 2. The first-order chi connectivity index (χ1) is 21.1. The number of anilines is 1. The molecule has 2 N–H and O–H groups in total. The molecule has 2 heterocycles. The van der Waals surface area contributed by atoms with Crippen molar-refractivity contribution in [3.8, 4) is 33.7 Å². The van der Waals surface area contributed by atoms with Crippen molar-refractivity contribution in [3.05, 3.63) is 102 Å². The lowest BCUT2D eigenvalue weighted by Gasteiger charge is -2.21. The van der Waals surface area contributed by atoms with Crippen molar-refractivity contribution in [1.29, 1.82) is 0 Å². The Morgan fingerprint density at radius 1 is 0.977 bits per heavy atom. The van der Waals surface area contributed by atoms with Gasteiger partial charge in [-0.2, -0.15) is 0 Å². The molecular weight excluding hydrogens is 581 g/mol. The maximum absolute atomic E-state index is 13.7. The maximum Gasteiger partial charge on any atom is 0.255 e. The summed E-state index contributed by atoms with van der Waals surface area (Å²) in [6.45, 7) is 0.324. The van der Waals surface area contributed by atoms with Crippen LogP contribution in [-0.4, -0.2) is 46.8 Å². The van der Waals surface area contributed by atoms with Gasteiger partial charge in [-0.1, -0.05) is 18.2 Å². The standard InChI is InChI=1S/C34H30FN3O5S/c1-36-34(39)32-27-17-26(23-13-20(19-42-3)14-24(15-23)29-16-22-7-5-6-8-28(22)37-29)30(38(2)44(4,40)41)18-31(27)43-33(32)21-9-11-25(35)12-10-21/h5-18,37H,19H2,1-4H3,(H,36,39). The number of H-pyrrole nitrogens is 1. The number of furan rings is 1. The number of fused-ring (bicyclic) bond motifs is 2. The average molecular weight is 612 g/mol. The van der Waals surface area contributed by atoms with Gasteiger partial charge in [0.25, 0.3) is 5.91 Å². The summed E-state index contributed by atoms with van der Waals surface area (Å²) in [5.41, 5.74) is 6.34. The Morgan fingerprint density at radius 3 is 2.39 bits per heavy atom. The second kappa shape index (κ2) is 11.3. The van der Waals surface area contributed by atoms with Gasteiger partial charge in [-0.05, 0) is 77.4 Å². The fourth-order valence-corrected chi connectivity index (χ4v) is 5.95. The zero-order chi connectivity index (χ0) is 31.2. The third kappa shape index (κ3) is 5.34. The fraction of sp³-hybridized carbons (Fsp3) is 0.147. The summed E-state index contributed by atoms with van der Waals surface area (Å²) in [7, 11) is 0.907. The molecule has 6 rings (SSSR count). The van der Waals surface area contributed by atoms with Gasteiger partial charge >= 0.3 is 0 Å². The number of amides is 1. The van der Waals surface area contributed by atoms with Crippen molar-refractivity contribution >= 4 is 43.5 Å². The largest absolute Gasteiger partial charge is 0.455 e. The minimum Gasteiger partial charge on any atom is -0.455 e. The number of sulfonamides is 1. The number of para-hydroxylation sites is 1. The molecule has 8 nitrogen and oxygen atoms in total. The van der Waals surface area contributed by atoms with Gasteiger partial charge in [-0.25, -0.2) is 12.8 Å². The van der Waals surface area contributed by atoms with Crippen LogP contribution in [0.15, 0.2) is 89.3 Å². The van der Waals surface area contributed by atoms with Crippen molar-refractivity contribution in [1.82, 2.24) is 10.3 Å². The van der Waals surface area contributed by atoms with Crippen LogP contribution in [0.25, 0.3) is 55.6 Å². The first-order valence-corrected chi connectivity index (χ1v) is 15.7. The van der Waals surface area contributed by atoms with E-state index >= 15 is 0 Å². The fourth-order valence-electron chi connectivity index (χ4n) is 5.44. The van der Waals surface area contributed by atoms with Crippen LogP contribution in [0.1, 0.15) is 15.9 Å². The van der Waals surface area contributed by atoms with E-state index in [0.29, 0.717) is 40.0 Å². The van der Waals surface area contributed by atoms with Crippen LogP contribution in [-0.2, 0) is 21.4 Å². The second-order valence-electron chi connectivity index (χ2n) is 10.6. The summed E-state index contributed by atoms with van der Waals surface area (Å²) in [6, 6.07) is 25.0. The summed E-state index contributed by atoms with van der Waals surface area (Å²) in [6.07, 6.45) is 1.13. The van der Waals surface area contributed by atoms with Crippen molar-refractivity contribution in [2.75, 3.05) is 31.8 Å². The van der Waals surface area contributed by atoms with Crippen LogP contribution in [0, 0.1) is 5.82 Å². The predicted octanol–water partition coefficient (Wildman–Crippen LogP) is 6.96. The van der Waals surface area contributed by atoms with Crippen molar-refractivity contribution < 1.29 is 26.8 Å². The van der Waals surface area contributed by atoms with Gasteiger partial charge in [-0.15, -0.1) is 0 Å². The third-order valence-corrected chi connectivity index (χ3v) is 8.85. The Bertz CT molecular complexity index is 2120. The number of methoxy groups -OCH3 is 1. The summed E-state index contributed by atoms with van der Waals surface area (Å²) in [5.74, 6) is -0.575. The first kappa shape index (κ1) is 29.2. The van der Waals surface area contributed by atoms with Crippen LogP contribution in [0.2, 0.25) is 0 Å². The van der Waals surface area contributed by atoms with Crippen LogP contribution in [0.3, 0.4) is 0 Å². The molecule has 0 spiro atoms. The normalized spacial score (nSPS) is 11.8. The lowest BCUT2D eigenvalue weighted by molar-refractivity contribution is 0.0964. The van der Waals surface area contributed by atoms with E-state index in [9.17, 15) is 17.6 Å². The number of halogens is 1. The number of hydrogen-bond donors (Lipinski definition) is 2. The van der Waals surface area contributed by atoms with Gasteiger partial charge in [0.1, 0.15) is 17.2 Å². The van der Waals surface area contributed by atoms with Crippen LogP contribution < -0.4 is 9.62 Å². The Balaban J connectivity index is 1.65. The molecule has 0 saturated carbocycles. The Labute approximate surface area is 254 Å². The zero-order valence-electron chi connectivity index (χ0n) is 24.6. The van der Waals surface area contributed by atoms with Crippen LogP contribution in [0.5, 0.6) is 0 Å². The quantitative estimate of drug-likeness (QED) is 0.194. The number of ether oxygens (including phenoxy) is 1. The van der Waals surface area contributed by atoms with Gasteiger partial charge in [0.2, 0.25) is 10.0 Å². The van der Waals surface area contributed by atoms with Crippen molar-refractivity contribution in [3.63, 3.8) is 0 Å². The van der Waals surface area contributed by atoms with Crippen molar-refractivity contribution in [2.24, 2.45) is 0 Å². The van der Waals surface area contributed by atoms with Crippen molar-refractivity contribution in [2.45, 2.75) is 6.61 Å². The van der Waals surface area contributed by atoms with Crippen LogP contribution >= 0.6 is 0 Å². The molecule has 0 atom stereocenters. The molecule has 0 saturated heterocycles. The molecule has 0 aliphatic rings. The molecule has 0 bridgehead atoms. The second-order valence-corrected chi connectivity index (χ2v) is 12.6. The van der Waals surface area contributed by atoms with Gasteiger partial charge in [0.15, 0.2) is 0 Å². The van der Waals surface area contributed by atoms with E-state index in [1.807, 2.05) is 42.5 Å². The van der Waals surface area contributed by atoms with Gasteiger partial charge in [0, 0.05) is 60.4 Å². The number of benzene rings is 4. The van der Waals surface area contributed by atoms with Crippen LogP contribution in [0.4, 0.5) is 10.1 Å². The summed E-state index contributed by atoms with van der Waals surface area (Å²) >= 11 is 0. The molecule has 0 fully saturated rings. The third-order valence-electron chi connectivity index (χ3n) is 7.66. The molecule has 0 radical (unpaired) electrons. The predicted molar refractivity (Wildman–Crippen MR) is 172 cm³/mol. The van der Waals surface area contributed by atoms with Gasteiger partial charge < -0.3 is 19.5 Å². The van der Waals surface area contributed by atoms with E-state index in [4.69, 9.17) is 9.15 Å². The molecule has 6 aromatic rings. The molecule has 0 unspecified atom stereocenters. The number of carbonyl (C=O) groups excluding carboxylic acids is 1. The molecule has 2 aromatic heterocycles. The molecule has 0 aliphatic heterocycles. The van der Waals surface area contributed by atoms with E-state index in [-0.39, 0.29) is 11.3 Å². The topological polar surface area (TPSA) is 105 Å². The number of rotatable bonds is 8. The summed E-state index contributed by atoms with van der Waals surface area (Å²) in [4.78, 5) is 16.7. The molecule has 0 aliphatic carbocycles. The lowest BCUT2D eigenvalue weighted by Crippen LogP contribution is -2.25. The SMILES string of the molecule is CNC(=O)c1c(-c2ccc(F)cc2)oc2cc(N(C)S(C)(=O)=O)c(-c3cc(COC)cc(-c4cc5ccccc5[nH]4)c3)cc12. The average Bonchev–Trinajstić information content (AvgIpc) is 3.61. The van der Waals surface area contributed by atoms with E-state index in [1.54, 1.807) is 19.2 Å². The highest BCUT2D eigenvalue weighted by Gasteiger charge is 2.26. The highest BCUT2D eigenvalue weighted by Crippen LogP contribution is 2.42. The zero-order valence-corrected chi connectivity index (χ0v) is 25.4. The summed E-state index contributed by atoms with van der Waals surface area (Å²) < 4.78 is 52.3. The molecule has 4 aromatic carbocycles. The number of hydrogen-bond acceptors (Lipinski definition) is 5. The minimum absolute atomic E-state index is 0.247. The monoisotopic (exact) mass is 611 g/mol.